The third kappa shape index (κ3) is 3.80. The molecule has 0 aliphatic carbocycles. The lowest BCUT2D eigenvalue weighted by Gasteiger charge is -2.00. The van der Waals surface area contributed by atoms with Crippen LogP contribution in [0.15, 0.2) is 65.6 Å². The van der Waals surface area contributed by atoms with Gasteiger partial charge in [0.1, 0.15) is 0 Å². The number of hydrogen-bond donors (Lipinski definition) is 0. The molecule has 0 radical (unpaired) electrons. The molecule has 0 bridgehead atoms. The van der Waals surface area contributed by atoms with Crippen LogP contribution in [0, 0.1) is 6.92 Å². The Morgan fingerprint density at radius 2 is 1.58 bits per heavy atom. The molecule has 3 heteroatoms. The van der Waals surface area contributed by atoms with Crippen LogP contribution in [0.1, 0.15) is 11.1 Å². The van der Waals surface area contributed by atoms with Crippen LogP contribution in [0.5, 0.6) is 0 Å². The van der Waals surface area contributed by atoms with Crippen LogP contribution in [-0.4, -0.2) is 14.2 Å². The van der Waals surface area contributed by atoms with E-state index >= 15 is 0 Å². The topological polar surface area (TPSA) is 34.1 Å². The normalized spacial score (nSPS) is 11.8. The van der Waals surface area contributed by atoms with E-state index in [1.807, 2.05) is 37.3 Å². The van der Waals surface area contributed by atoms with Gasteiger partial charge in [0, 0.05) is 0 Å². The molecule has 0 spiro atoms. The van der Waals surface area contributed by atoms with Crippen LogP contribution in [0.25, 0.3) is 6.08 Å². The maximum absolute atomic E-state index is 12.0. The quantitative estimate of drug-likeness (QED) is 0.854. The van der Waals surface area contributed by atoms with E-state index in [0.717, 1.165) is 5.56 Å². The highest BCUT2D eigenvalue weighted by Crippen LogP contribution is 2.11. The number of benzene rings is 2. The summed E-state index contributed by atoms with van der Waals surface area (Å²) in [5.74, 6) is 0.0187. The Balaban J connectivity index is 2.08. The summed E-state index contributed by atoms with van der Waals surface area (Å²) in [5, 5.41) is 0. The highest BCUT2D eigenvalue weighted by molar-refractivity contribution is 7.91. The van der Waals surface area contributed by atoms with E-state index in [4.69, 9.17) is 0 Å². The summed E-state index contributed by atoms with van der Waals surface area (Å²) >= 11 is 0. The SMILES string of the molecule is Cc1ccc(/C=C/CS(=O)(=O)c2ccccc2)cc1. The van der Waals surface area contributed by atoms with Gasteiger partial charge in [0.05, 0.1) is 10.6 Å². The zero-order valence-electron chi connectivity index (χ0n) is 10.8. The molecule has 0 fully saturated rings. The lowest BCUT2D eigenvalue weighted by atomic mass is 10.1. The predicted octanol–water partition coefficient (Wildman–Crippen LogP) is 3.48. The zero-order valence-corrected chi connectivity index (χ0v) is 11.6. The third-order valence-electron chi connectivity index (χ3n) is 2.81. The fourth-order valence-corrected chi connectivity index (χ4v) is 2.83. The highest BCUT2D eigenvalue weighted by Gasteiger charge is 2.10. The maximum atomic E-state index is 12.0. The standard InChI is InChI=1S/C16H16O2S/c1-14-9-11-15(12-10-14)6-5-13-19(17,18)16-7-3-2-4-8-16/h2-12H,13H2,1H3/b6-5+. The molecule has 19 heavy (non-hydrogen) atoms. The van der Waals surface area contributed by atoms with Gasteiger partial charge in [-0.3, -0.25) is 0 Å². The minimum atomic E-state index is -3.23. The Labute approximate surface area is 114 Å². The van der Waals surface area contributed by atoms with Gasteiger partial charge in [-0.05, 0) is 24.6 Å². The van der Waals surface area contributed by atoms with Gasteiger partial charge in [0.15, 0.2) is 9.84 Å². The second-order valence-corrected chi connectivity index (χ2v) is 6.44. The van der Waals surface area contributed by atoms with E-state index in [1.165, 1.54) is 5.56 Å². The average Bonchev–Trinajstić information content (AvgIpc) is 2.42. The van der Waals surface area contributed by atoms with Gasteiger partial charge in [-0.1, -0.05) is 60.2 Å². The van der Waals surface area contributed by atoms with Gasteiger partial charge in [-0.2, -0.15) is 0 Å². The molecule has 0 aliphatic heterocycles. The number of aryl methyl sites for hydroxylation is 1. The Morgan fingerprint density at radius 3 is 2.21 bits per heavy atom. The Bertz CT molecular complexity index is 654. The molecule has 0 saturated heterocycles. The van der Waals surface area contributed by atoms with Crippen LogP contribution in [0.3, 0.4) is 0 Å². The van der Waals surface area contributed by atoms with Gasteiger partial charge in [-0.25, -0.2) is 8.42 Å². The van der Waals surface area contributed by atoms with E-state index in [0.29, 0.717) is 4.90 Å². The van der Waals surface area contributed by atoms with Crippen molar-refractivity contribution in [3.05, 3.63) is 71.8 Å². The third-order valence-corrected chi connectivity index (χ3v) is 4.43. The molecule has 0 N–H and O–H groups in total. The van der Waals surface area contributed by atoms with Gasteiger partial charge in [-0.15, -0.1) is 0 Å². The fourth-order valence-electron chi connectivity index (χ4n) is 1.71. The van der Waals surface area contributed by atoms with Crippen molar-refractivity contribution in [2.75, 3.05) is 5.75 Å². The van der Waals surface area contributed by atoms with E-state index in [2.05, 4.69) is 0 Å². The summed E-state index contributed by atoms with van der Waals surface area (Å²) in [4.78, 5) is 0.364. The monoisotopic (exact) mass is 272 g/mol. The molecule has 98 valence electrons. The molecular weight excluding hydrogens is 256 g/mol. The lowest BCUT2D eigenvalue weighted by Crippen LogP contribution is -2.04. The van der Waals surface area contributed by atoms with Crippen LogP contribution in [-0.2, 0) is 9.84 Å². The predicted molar refractivity (Wildman–Crippen MR) is 78.7 cm³/mol. The van der Waals surface area contributed by atoms with Crippen molar-refractivity contribution in [3.8, 4) is 0 Å². The molecule has 2 rings (SSSR count). The summed E-state index contributed by atoms with van der Waals surface area (Å²) in [6, 6.07) is 16.5. The molecule has 0 aliphatic rings. The minimum Gasteiger partial charge on any atom is -0.223 e. The molecule has 2 aromatic carbocycles. The van der Waals surface area contributed by atoms with Gasteiger partial charge >= 0.3 is 0 Å². The Morgan fingerprint density at radius 1 is 0.947 bits per heavy atom. The van der Waals surface area contributed by atoms with Crippen LogP contribution < -0.4 is 0 Å². The first-order valence-corrected chi connectivity index (χ1v) is 7.74. The zero-order chi connectivity index (χ0) is 13.7. The molecule has 0 atom stereocenters. The van der Waals surface area contributed by atoms with E-state index in [-0.39, 0.29) is 5.75 Å². The van der Waals surface area contributed by atoms with Crippen LogP contribution >= 0.6 is 0 Å². The van der Waals surface area contributed by atoms with Crippen molar-refractivity contribution in [1.82, 2.24) is 0 Å². The van der Waals surface area contributed by atoms with Crippen molar-refractivity contribution in [1.29, 1.82) is 0 Å². The summed E-state index contributed by atoms with van der Waals surface area (Å²) < 4.78 is 24.1. The van der Waals surface area contributed by atoms with Crippen molar-refractivity contribution in [2.24, 2.45) is 0 Å². The minimum absolute atomic E-state index is 0.0187. The molecule has 2 aromatic rings. The van der Waals surface area contributed by atoms with Crippen molar-refractivity contribution in [2.45, 2.75) is 11.8 Å². The fraction of sp³-hybridized carbons (Fsp3) is 0.125. The molecule has 0 unspecified atom stereocenters. The van der Waals surface area contributed by atoms with E-state index in [1.54, 1.807) is 36.4 Å². The summed E-state index contributed by atoms with van der Waals surface area (Å²) in [7, 11) is -3.23. The van der Waals surface area contributed by atoms with Gasteiger partial charge in [0.2, 0.25) is 0 Å². The first-order chi connectivity index (χ1) is 9.08. The molecule has 0 saturated carbocycles. The second-order valence-electron chi connectivity index (χ2n) is 4.41. The van der Waals surface area contributed by atoms with Crippen molar-refractivity contribution in [3.63, 3.8) is 0 Å². The molecular formula is C16H16O2S. The lowest BCUT2D eigenvalue weighted by molar-refractivity contribution is 0.599. The highest BCUT2D eigenvalue weighted by atomic mass is 32.2. The molecule has 0 aromatic heterocycles. The summed E-state index contributed by atoms with van der Waals surface area (Å²) in [5.41, 5.74) is 2.20. The van der Waals surface area contributed by atoms with Gasteiger partial charge < -0.3 is 0 Å². The number of sulfone groups is 1. The maximum Gasteiger partial charge on any atom is 0.181 e. The van der Waals surface area contributed by atoms with Crippen LogP contribution in [0.2, 0.25) is 0 Å². The van der Waals surface area contributed by atoms with Crippen molar-refractivity contribution >= 4 is 15.9 Å². The largest absolute Gasteiger partial charge is 0.223 e. The first kappa shape index (κ1) is 13.6. The van der Waals surface area contributed by atoms with Crippen molar-refractivity contribution < 1.29 is 8.42 Å². The molecule has 0 heterocycles. The average molecular weight is 272 g/mol. The van der Waals surface area contributed by atoms with E-state index < -0.39 is 9.84 Å². The summed E-state index contributed by atoms with van der Waals surface area (Å²) in [6.45, 7) is 2.02. The Kier molecular flexibility index (Phi) is 4.17. The second kappa shape index (κ2) is 5.85. The Hall–Kier alpha value is -1.87. The molecule has 0 amide bonds. The number of rotatable bonds is 4. The summed E-state index contributed by atoms with van der Waals surface area (Å²) in [6.07, 6.45) is 3.52. The van der Waals surface area contributed by atoms with Crippen LogP contribution in [0.4, 0.5) is 0 Å². The first-order valence-electron chi connectivity index (χ1n) is 6.09. The van der Waals surface area contributed by atoms with Gasteiger partial charge in [0.25, 0.3) is 0 Å². The van der Waals surface area contributed by atoms with E-state index in [9.17, 15) is 8.42 Å². The molecule has 2 nitrogen and oxygen atoms in total. The smallest absolute Gasteiger partial charge is 0.181 e. The number of hydrogen-bond acceptors (Lipinski definition) is 2.